The van der Waals surface area contributed by atoms with Crippen LogP contribution >= 0.6 is 11.6 Å². The van der Waals surface area contributed by atoms with Gasteiger partial charge in [0.1, 0.15) is 11.3 Å². The van der Waals surface area contributed by atoms with E-state index in [1.165, 1.54) is 6.26 Å². The summed E-state index contributed by atoms with van der Waals surface area (Å²) in [5, 5.41) is 2.55. The first kappa shape index (κ1) is 16.8. The summed E-state index contributed by atoms with van der Waals surface area (Å²) < 4.78 is 8.91. The smallest absolute Gasteiger partial charge is 0.261 e. The van der Waals surface area contributed by atoms with Gasteiger partial charge in [0.15, 0.2) is 5.76 Å². The number of hydrogen-bond donors (Lipinski definition) is 0. The van der Waals surface area contributed by atoms with Crippen molar-refractivity contribution in [1.29, 1.82) is 0 Å². The van der Waals surface area contributed by atoms with Crippen LogP contribution in [0.5, 0.6) is 0 Å². The molecule has 0 N–H and O–H groups in total. The molecule has 0 atom stereocenters. The quantitative estimate of drug-likeness (QED) is 0.411. The molecule has 0 bridgehead atoms. The van der Waals surface area contributed by atoms with Crippen molar-refractivity contribution < 1.29 is 9.21 Å². The predicted octanol–water partition coefficient (Wildman–Crippen LogP) is 4.90. The Morgan fingerprint density at radius 1 is 1.04 bits per heavy atom. The molecule has 0 aliphatic rings. The minimum atomic E-state index is -0.237. The Bertz CT molecular complexity index is 1440. The number of benzene rings is 2. The summed E-state index contributed by atoms with van der Waals surface area (Å²) in [5.41, 5.74) is 1.66. The third-order valence-corrected chi connectivity index (χ3v) is 5.30. The minimum Gasteiger partial charge on any atom is -0.461 e. The third kappa shape index (κ3) is 2.20. The van der Waals surface area contributed by atoms with Crippen molar-refractivity contribution in [2.75, 3.05) is 0 Å². The molecule has 138 valence electrons. The zero-order chi connectivity index (χ0) is 19.4. The Morgan fingerprint density at radius 2 is 1.82 bits per heavy atom. The van der Waals surface area contributed by atoms with Gasteiger partial charge in [-0.15, -0.1) is 0 Å². The Labute approximate surface area is 164 Å². The Morgan fingerprint density at radius 3 is 2.54 bits per heavy atom. The fraction of sp³-hybridized carbons (Fsp3) is 0.0909. The molecule has 0 saturated heterocycles. The molecule has 6 heteroatoms. The van der Waals surface area contributed by atoms with Crippen molar-refractivity contribution in [2.24, 2.45) is 0 Å². The lowest BCUT2D eigenvalue weighted by Gasteiger charge is -2.12. The molecule has 0 fully saturated rings. The van der Waals surface area contributed by atoms with Crippen LogP contribution in [0.2, 0.25) is 5.02 Å². The molecule has 0 unspecified atom stereocenters. The number of aryl methyl sites for hydroxylation is 1. The Kier molecular flexibility index (Phi) is 3.67. The van der Waals surface area contributed by atoms with Crippen LogP contribution in [0.3, 0.4) is 0 Å². The summed E-state index contributed by atoms with van der Waals surface area (Å²) in [5.74, 6) is 0.0141. The van der Waals surface area contributed by atoms with Gasteiger partial charge in [-0.05, 0) is 37.3 Å². The Balaban J connectivity index is 2.10. The first-order chi connectivity index (χ1) is 13.6. The Hall–Kier alpha value is -3.31. The second-order valence-corrected chi connectivity index (χ2v) is 7.01. The van der Waals surface area contributed by atoms with Crippen LogP contribution in [-0.4, -0.2) is 14.8 Å². The van der Waals surface area contributed by atoms with Crippen molar-refractivity contribution in [3.63, 3.8) is 0 Å². The maximum Gasteiger partial charge on any atom is 0.261 e. The highest BCUT2D eigenvalue weighted by molar-refractivity contribution is 6.31. The molecule has 0 aliphatic heterocycles. The van der Waals surface area contributed by atoms with Crippen molar-refractivity contribution >= 4 is 44.7 Å². The molecule has 0 spiro atoms. The van der Waals surface area contributed by atoms with Gasteiger partial charge in [-0.25, -0.2) is 0 Å². The summed E-state index contributed by atoms with van der Waals surface area (Å²) in [6.45, 7) is 2.38. The molecule has 28 heavy (non-hydrogen) atoms. The number of hydrogen-bond acceptors (Lipinski definition) is 3. The summed E-state index contributed by atoms with van der Waals surface area (Å²) in [6.07, 6.45) is 1.48. The lowest BCUT2D eigenvalue weighted by molar-refractivity contribution is 0.101. The van der Waals surface area contributed by atoms with Gasteiger partial charge in [0.25, 0.3) is 5.56 Å². The molecular formula is C22H15ClN2O3. The molecule has 2 aromatic carbocycles. The van der Waals surface area contributed by atoms with E-state index in [1.807, 2.05) is 35.6 Å². The highest BCUT2D eigenvalue weighted by atomic mass is 35.5. The fourth-order valence-corrected chi connectivity index (χ4v) is 4.06. The maximum atomic E-state index is 13.4. The standard InChI is InChI=1S/C22H15ClN2O3/c1-2-24-21-15-7-4-3-6-14(15)19(20(26)18-8-5-11-28-18)25(21)17-10-9-13(23)12-16(17)22(24)27/h3-12H,2H2,1H3. The highest BCUT2D eigenvalue weighted by Gasteiger charge is 2.25. The van der Waals surface area contributed by atoms with Crippen molar-refractivity contribution in [3.8, 4) is 0 Å². The van der Waals surface area contributed by atoms with E-state index in [1.54, 1.807) is 34.9 Å². The predicted molar refractivity (Wildman–Crippen MR) is 109 cm³/mol. The van der Waals surface area contributed by atoms with E-state index in [4.69, 9.17) is 16.0 Å². The summed E-state index contributed by atoms with van der Waals surface area (Å²) >= 11 is 6.16. The second kappa shape index (κ2) is 6.11. The van der Waals surface area contributed by atoms with E-state index in [9.17, 15) is 9.59 Å². The number of fused-ring (bicyclic) bond motifs is 5. The van der Waals surface area contributed by atoms with Gasteiger partial charge in [0.2, 0.25) is 5.78 Å². The van der Waals surface area contributed by atoms with Crippen LogP contribution in [0.4, 0.5) is 0 Å². The maximum absolute atomic E-state index is 13.4. The number of nitrogens with zero attached hydrogens (tertiary/aromatic N) is 2. The summed E-state index contributed by atoms with van der Waals surface area (Å²) in [4.78, 5) is 26.5. The van der Waals surface area contributed by atoms with Crippen LogP contribution in [0.1, 0.15) is 23.2 Å². The zero-order valence-corrected chi connectivity index (χ0v) is 15.7. The molecular weight excluding hydrogens is 376 g/mol. The molecule has 5 rings (SSSR count). The monoisotopic (exact) mass is 390 g/mol. The number of ketones is 1. The van der Waals surface area contributed by atoms with Crippen LogP contribution in [0.15, 0.2) is 70.1 Å². The first-order valence-electron chi connectivity index (χ1n) is 8.95. The van der Waals surface area contributed by atoms with Gasteiger partial charge in [-0.1, -0.05) is 35.9 Å². The first-order valence-corrected chi connectivity index (χ1v) is 9.33. The molecule has 3 heterocycles. The SMILES string of the molecule is CCn1c(=O)c2cc(Cl)ccc2n2c(C(=O)c3ccco3)c3ccccc3c12. The van der Waals surface area contributed by atoms with Crippen LogP contribution < -0.4 is 5.56 Å². The average molecular weight is 391 g/mol. The van der Waals surface area contributed by atoms with E-state index >= 15 is 0 Å². The summed E-state index contributed by atoms with van der Waals surface area (Å²) in [6, 6.07) is 16.1. The van der Waals surface area contributed by atoms with Gasteiger partial charge in [-0.2, -0.15) is 0 Å². The number of carbonyl (C=O) groups excluding carboxylic acids is 1. The number of aromatic nitrogens is 2. The van der Waals surface area contributed by atoms with Crippen molar-refractivity contribution in [3.05, 3.63) is 87.7 Å². The molecule has 0 radical (unpaired) electrons. The van der Waals surface area contributed by atoms with E-state index < -0.39 is 0 Å². The normalized spacial score (nSPS) is 11.6. The van der Waals surface area contributed by atoms with Gasteiger partial charge in [0.05, 0.1) is 17.2 Å². The molecule has 3 aromatic heterocycles. The van der Waals surface area contributed by atoms with Gasteiger partial charge in [0, 0.05) is 22.3 Å². The molecule has 0 aliphatic carbocycles. The number of rotatable bonds is 3. The minimum absolute atomic E-state index is 0.132. The lowest BCUT2D eigenvalue weighted by Crippen LogP contribution is -2.23. The third-order valence-electron chi connectivity index (χ3n) is 5.07. The van der Waals surface area contributed by atoms with Crippen molar-refractivity contribution in [2.45, 2.75) is 13.5 Å². The lowest BCUT2D eigenvalue weighted by atomic mass is 10.1. The van der Waals surface area contributed by atoms with E-state index in [-0.39, 0.29) is 17.1 Å². The van der Waals surface area contributed by atoms with E-state index in [0.717, 1.165) is 10.8 Å². The zero-order valence-electron chi connectivity index (χ0n) is 15.0. The van der Waals surface area contributed by atoms with Crippen LogP contribution in [0.25, 0.3) is 27.3 Å². The number of carbonyl (C=O) groups is 1. The van der Waals surface area contributed by atoms with Crippen molar-refractivity contribution in [1.82, 2.24) is 8.97 Å². The van der Waals surface area contributed by atoms with Crippen LogP contribution in [-0.2, 0) is 6.54 Å². The van der Waals surface area contributed by atoms with Crippen LogP contribution in [0, 0.1) is 0 Å². The fourth-order valence-electron chi connectivity index (χ4n) is 3.89. The number of furan rings is 1. The van der Waals surface area contributed by atoms with Gasteiger partial charge in [-0.3, -0.25) is 18.6 Å². The van der Waals surface area contributed by atoms with Gasteiger partial charge >= 0.3 is 0 Å². The molecule has 0 amide bonds. The summed E-state index contributed by atoms with van der Waals surface area (Å²) in [7, 11) is 0. The highest BCUT2D eigenvalue weighted by Crippen LogP contribution is 2.31. The van der Waals surface area contributed by atoms with Gasteiger partial charge < -0.3 is 4.42 Å². The molecule has 5 aromatic rings. The molecule has 5 nitrogen and oxygen atoms in total. The largest absolute Gasteiger partial charge is 0.461 e. The molecule has 0 saturated carbocycles. The van der Waals surface area contributed by atoms with E-state index in [0.29, 0.717) is 33.8 Å². The number of halogens is 1. The van der Waals surface area contributed by atoms with E-state index in [2.05, 4.69) is 0 Å². The average Bonchev–Trinajstić information content (AvgIpc) is 3.35. The topological polar surface area (TPSA) is 56.6 Å². The second-order valence-electron chi connectivity index (χ2n) is 6.57.